The van der Waals surface area contributed by atoms with Crippen LogP contribution in [0.1, 0.15) is 15.9 Å². The molecular formula is C20H16N2O5. The second-order valence-electron chi connectivity index (χ2n) is 5.61. The van der Waals surface area contributed by atoms with Crippen LogP contribution in [0.2, 0.25) is 0 Å². The number of rotatable bonds is 5. The van der Waals surface area contributed by atoms with E-state index in [1.807, 2.05) is 0 Å². The van der Waals surface area contributed by atoms with E-state index in [1.54, 1.807) is 55.6 Å². The lowest BCUT2D eigenvalue weighted by molar-refractivity contribution is -0.131. The molecule has 1 aromatic heterocycles. The van der Waals surface area contributed by atoms with E-state index in [0.29, 0.717) is 28.0 Å². The number of carboxylic acid groups (broad SMARTS) is 1. The zero-order chi connectivity index (χ0) is 19.4. The Bertz CT molecular complexity index is 1130. The van der Waals surface area contributed by atoms with Gasteiger partial charge in [-0.25, -0.2) is 9.79 Å². The lowest BCUT2D eigenvalue weighted by Gasteiger charge is -2.04. The predicted octanol–water partition coefficient (Wildman–Crippen LogP) is 2.87. The molecule has 0 radical (unpaired) electrons. The summed E-state index contributed by atoms with van der Waals surface area (Å²) in [6.45, 7) is 0. The van der Waals surface area contributed by atoms with Crippen LogP contribution in [0.3, 0.4) is 0 Å². The fourth-order valence-corrected chi connectivity index (χ4v) is 2.48. The van der Waals surface area contributed by atoms with Crippen molar-refractivity contribution in [3.63, 3.8) is 0 Å². The largest absolute Gasteiger partial charge is 0.497 e. The Morgan fingerprint density at radius 3 is 2.70 bits per heavy atom. The van der Waals surface area contributed by atoms with E-state index in [-0.39, 0.29) is 11.1 Å². The summed E-state index contributed by atoms with van der Waals surface area (Å²) in [4.78, 5) is 26.9. The summed E-state index contributed by atoms with van der Waals surface area (Å²) < 4.78 is 10.9. The number of methoxy groups -OCH3 is 1. The van der Waals surface area contributed by atoms with Crippen molar-refractivity contribution in [2.24, 2.45) is 10.7 Å². The van der Waals surface area contributed by atoms with Crippen LogP contribution in [0.4, 0.5) is 5.69 Å². The number of ether oxygens (including phenoxy) is 1. The SMILES string of the molecule is COc1ccc2oc(=Nc3cccc(C=CC(=O)O)c3)c(C(N)=O)cc2c1. The molecule has 27 heavy (non-hydrogen) atoms. The van der Waals surface area contributed by atoms with Crippen LogP contribution < -0.4 is 16.0 Å². The van der Waals surface area contributed by atoms with E-state index in [9.17, 15) is 9.59 Å². The Kier molecular flexibility index (Phi) is 5.03. The van der Waals surface area contributed by atoms with Gasteiger partial charge >= 0.3 is 5.97 Å². The summed E-state index contributed by atoms with van der Waals surface area (Å²) in [5.41, 5.74) is 7.32. The number of hydrogen-bond acceptors (Lipinski definition) is 5. The highest BCUT2D eigenvalue weighted by molar-refractivity contribution is 5.95. The lowest BCUT2D eigenvalue weighted by atomic mass is 10.1. The number of aliphatic carboxylic acids is 1. The van der Waals surface area contributed by atoms with Gasteiger partial charge in [-0.1, -0.05) is 12.1 Å². The third-order valence-electron chi connectivity index (χ3n) is 3.74. The standard InChI is InChI=1S/C20H16N2O5/c1-26-15-6-7-17-13(10-15)11-16(19(21)25)20(27-17)22-14-4-2-3-12(9-14)5-8-18(23)24/h2-11H,1H3,(H2,21,25)(H,23,24). The van der Waals surface area contributed by atoms with Crippen LogP contribution in [-0.2, 0) is 4.79 Å². The number of carbonyl (C=O) groups is 2. The predicted molar refractivity (Wildman–Crippen MR) is 99.6 cm³/mol. The van der Waals surface area contributed by atoms with E-state index < -0.39 is 11.9 Å². The number of hydrogen-bond donors (Lipinski definition) is 2. The molecule has 1 amide bonds. The van der Waals surface area contributed by atoms with Gasteiger partial charge in [-0.05, 0) is 48.0 Å². The van der Waals surface area contributed by atoms with Gasteiger partial charge in [0.2, 0.25) is 5.55 Å². The van der Waals surface area contributed by atoms with Crippen LogP contribution in [0.15, 0.2) is 64.0 Å². The molecule has 0 fully saturated rings. The molecule has 0 aliphatic rings. The topological polar surface area (TPSA) is 115 Å². The van der Waals surface area contributed by atoms with Gasteiger partial charge in [0, 0.05) is 11.5 Å². The Hall–Kier alpha value is -3.87. The maximum Gasteiger partial charge on any atom is 0.328 e. The van der Waals surface area contributed by atoms with Crippen molar-refractivity contribution < 1.29 is 23.8 Å². The molecule has 0 spiro atoms. The number of amides is 1. The first-order valence-electron chi connectivity index (χ1n) is 7.94. The molecule has 136 valence electrons. The van der Waals surface area contributed by atoms with E-state index in [0.717, 1.165) is 6.08 Å². The average molecular weight is 364 g/mol. The van der Waals surface area contributed by atoms with E-state index in [2.05, 4.69) is 4.99 Å². The summed E-state index contributed by atoms with van der Waals surface area (Å²) in [7, 11) is 1.54. The fraction of sp³-hybridized carbons (Fsp3) is 0.0500. The Labute approximate surface area is 154 Å². The van der Waals surface area contributed by atoms with Crippen molar-refractivity contribution >= 4 is 34.6 Å². The van der Waals surface area contributed by atoms with Gasteiger partial charge in [0.1, 0.15) is 16.9 Å². The molecule has 0 bridgehead atoms. The average Bonchev–Trinajstić information content (AvgIpc) is 2.65. The van der Waals surface area contributed by atoms with Gasteiger partial charge < -0.3 is 20.0 Å². The van der Waals surface area contributed by atoms with E-state index in [4.69, 9.17) is 20.0 Å². The van der Waals surface area contributed by atoms with Gasteiger partial charge in [-0.3, -0.25) is 4.79 Å². The summed E-state index contributed by atoms with van der Waals surface area (Å²) in [6, 6.07) is 13.6. The van der Waals surface area contributed by atoms with Crippen LogP contribution in [-0.4, -0.2) is 24.1 Å². The number of nitrogens with zero attached hydrogens (tertiary/aromatic N) is 1. The number of fused-ring (bicyclic) bond motifs is 1. The normalized spacial score (nSPS) is 11.8. The first-order valence-corrected chi connectivity index (χ1v) is 7.94. The van der Waals surface area contributed by atoms with Crippen LogP contribution in [0.5, 0.6) is 5.75 Å². The molecule has 0 atom stereocenters. The van der Waals surface area contributed by atoms with Crippen molar-refractivity contribution in [1.82, 2.24) is 0 Å². The molecule has 0 aliphatic heterocycles. The summed E-state index contributed by atoms with van der Waals surface area (Å²) in [5, 5.41) is 9.38. The number of primary amides is 1. The number of carboxylic acids is 1. The molecule has 1 heterocycles. The smallest absolute Gasteiger partial charge is 0.328 e. The van der Waals surface area contributed by atoms with Gasteiger partial charge in [0.25, 0.3) is 5.91 Å². The van der Waals surface area contributed by atoms with Crippen molar-refractivity contribution in [2.75, 3.05) is 7.11 Å². The molecule has 3 N–H and O–H groups in total. The van der Waals surface area contributed by atoms with Crippen LogP contribution in [0, 0.1) is 0 Å². The molecular weight excluding hydrogens is 348 g/mol. The molecule has 0 saturated heterocycles. The highest BCUT2D eigenvalue weighted by atomic mass is 16.5. The molecule has 0 saturated carbocycles. The van der Waals surface area contributed by atoms with Crippen molar-refractivity contribution in [3.05, 3.63) is 71.3 Å². The van der Waals surface area contributed by atoms with Gasteiger partial charge in [0.05, 0.1) is 12.8 Å². The van der Waals surface area contributed by atoms with Gasteiger partial charge in [-0.15, -0.1) is 0 Å². The molecule has 7 nitrogen and oxygen atoms in total. The molecule has 0 aliphatic carbocycles. The second kappa shape index (κ2) is 7.57. The summed E-state index contributed by atoms with van der Waals surface area (Å²) in [6.07, 6.45) is 2.47. The first kappa shape index (κ1) is 17.9. The zero-order valence-electron chi connectivity index (χ0n) is 14.4. The minimum Gasteiger partial charge on any atom is -0.497 e. The Balaban J connectivity index is 2.15. The maximum atomic E-state index is 11.8. The minimum absolute atomic E-state index is 0.0690. The molecule has 7 heteroatoms. The maximum absolute atomic E-state index is 11.8. The fourth-order valence-electron chi connectivity index (χ4n) is 2.48. The number of carbonyl (C=O) groups excluding carboxylic acids is 1. The highest BCUT2D eigenvalue weighted by Crippen LogP contribution is 2.21. The van der Waals surface area contributed by atoms with Crippen molar-refractivity contribution in [1.29, 1.82) is 0 Å². The minimum atomic E-state index is -1.05. The van der Waals surface area contributed by atoms with Crippen LogP contribution in [0.25, 0.3) is 17.0 Å². The molecule has 3 rings (SSSR count). The molecule has 0 unspecified atom stereocenters. The monoisotopic (exact) mass is 364 g/mol. The van der Waals surface area contributed by atoms with Gasteiger partial charge in [-0.2, -0.15) is 0 Å². The Morgan fingerprint density at radius 1 is 1.19 bits per heavy atom. The summed E-state index contributed by atoms with van der Waals surface area (Å²) in [5.74, 6) is -1.10. The molecule has 2 aromatic carbocycles. The highest BCUT2D eigenvalue weighted by Gasteiger charge is 2.10. The number of benzene rings is 2. The van der Waals surface area contributed by atoms with E-state index in [1.165, 1.54) is 6.08 Å². The second-order valence-corrected chi connectivity index (χ2v) is 5.61. The first-order chi connectivity index (χ1) is 13.0. The quantitative estimate of drug-likeness (QED) is 0.676. The summed E-state index contributed by atoms with van der Waals surface area (Å²) >= 11 is 0. The number of nitrogens with two attached hydrogens (primary N) is 1. The van der Waals surface area contributed by atoms with Crippen LogP contribution >= 0.6 is 0 Å². The zero-order valence-corrected chi connectivity index (χ0v) is 14.4. The third-order valence-corrected chi connectivity index (χ3v) is 3.74. The van der Waals surface area contributed by atoms with Gasteiger partial charge in [0.15, 0.2) is 0 Å². The van der Waals surface area contributed by atoms with Crippen molar-refractivity contribution in [3.8, 4) is 5.75 Å². The van der Waals surface area contributed by atoms with E-state index >= 15 is 0 Å². The Morgan fingerprint density at radius 2 is 2.00 bits per heavy atom. The lowest BCUT2D eigenvalue weighted by Crippen LogP contribution is -2.21. The molecule has 3 aromatic rings. The third kappa shape index (κ3) is 4.21. The van der Waals surface area contributed by atoms with Crippen molar-refractivity contribution in [2.45, 2.75) is 0 Å².